The molecular weight excluding hydrogens is 416 g/mol. The van der Waals surface area contributed by atoms with Crippen molar-refractivity contribution in [1.82, 2.24) is 4.98 Å². The number of hydrogen-bond acceptors (Lipinski definition) is 6. The predicted molar refractivity (Wildman–Crippen MR) is 120 cm³/mol. The zero-order valence-corrected chi connectivity index (χ0v) is 17.5. The first-order valence-corrected chi connectivity index (χ1v) is 10.4. The van der Waals surface area contributed by atoms with E-state index in [0.717, 1.165) is 4.90 Å². The molecule has 3 rings (SSSR count). The van der Waals surface area contributed by atoms with E-state index in [1.807, 2.05) is 13.0 Å². The molecule has 1 heterocycles. The molecule has 0 aliphatic heterocycles. The number of nitro benzene ring substituents is 1. The number of carbonyl (C=O) groups is 2. The summed E-state index contributed by atoms with van der Waals surface area (Å²) in [4.78, 5) is 40.3. The number of nitrogens with one attached hydrogen (secondary N) is 2. The lowest BCUT2D eigenvalue weighted by molar-refractivity contribution is -0.384. The molecular formula is C22H20N4O4S. The number of non-ortho nitro benzene ring substituents is 1. The molecule has 3 aromatic rings. The van der Waals surface area contributed by atoms with Gasteiger partial charge >= 0.3 is 0 Å². The summed E-state index contributed by atoms with van der Waals surface area (Å²) in [5, 5.41) is 16.1. The Hall–Kier alpha value is -3.72. The molecule has 0 aliphatic carbocycles. The first-order chi connectivity index (χ1) is 15.0. The molecule has 0 fully saturated rings. The predicted octanol–water partition coefficient (Wildman–Crippen LogP) is 4.75. The fourth-order valence-corrected chi connectivity index (χ4v) is 3.75. The zero-order chi connectivity index (χ0) is 22.2. The average molecular weight is 436 g/mol. The lowest BCUT2D eigenvalue weighted by Gasteiger charge is -2.15. The van der Waals surface area contributed by atoms with Crippen molar-refractivity contribution < 1.29 is 14.5 Å². The van der Waals surface area contributed by atoms with E-state index in [2.05, 4.69) is 15.6 Å². The molecule has 0 spiro atoms. The number of carbonyl (C=O) groups excluding carboxylic acids is 2. The minimum absolute atomic E-state index is 0.151. The third kappa shape index (κ3) is 6.13. The molecule has 0 radical (unpaired) electrons. The van der Waals surface area contributed by atoms with Crippen molar-refractivity contribution in [3.63, 3.8) is 0 Å². The second-order valence-electron chi connectivity index (χ2n) is 6.51. The van der Waals surface area contributed by atoms with Gasteiger partial charge in [0.25, 0.3) is 11.6 Å². The molecule has 0 saturated carbocycles. The zero-order valence-electron chi connectivity index (χ0n) is 16.6. The van der Waals surface area contributed by atoms with Gasteiger partial charge in [-0.15, -0.1) is 11.8 Å². The number of nitrogens with zero attached hydrogens (tertiary/aromatic N) is 2. The van der Waals surface area contributed by atoms with E-state index in [1.165, 1.54) is 36.0 Å². The summed E-state index contributed by atoms with van der Waals surface area (Å²) in [5.74, 6) is -0.118. The summed E-state index contributed by atoms with van der Waals surface area (Å²) < 4.78 is 0. The molecule has 2 amide bonds. The van der Waals surface area contributed by atoms with E-state index >= 15 is 0 Å². The molecule has 9 heteroatoms. The van der Waals surface area contributed by atoms with Crippen molar-refractivity contribution in [2.24, 2.45) is 0 Å². The molecule has 1 atom stereocenters. The Morgan fingerprint density at radius 3 is 2.58 bits per heavy atom. The van der Waals surface area contributed by atoms with Crippen molar-refractivity contribution in [1.29, 1.82) is 0 Å². The van der Waals surface area contributed by atoms with Crippen LogP contribution in [0.2, 0.25) is 0 Å². The molecule has 31 heavy (non-hydrogen) atoms. The maximum atomic E-state index is 12.6. The Bertz CT molecular complexity index is 1090. The molecule has 0 bridgehead atoms. The second kappa shape index (κ2) is 10.4. The van der Waals surface area contributed by atoms with Gasteiger partial charge < -0.3 is 10.6 Å². The monoisotopic (exact) mass is 436 g/mol. The number of rotatable bonds is 8. The maximum Gasteiger partial charge on any atom is 0.270 e. The van der Waals surface area contributed by atoms with Crippen LogP contribution in [0.25, 0.3) is 0 Å². The van der Waals surface area contributed by atoms with Crippen molar-refractivity contribution in [2.75, 3.05) is 10.6 Å². The molecule has 1 unspecified atom stereocenters. The van der Waals surface area contributed by atoms with Crippen LogP contribution in [0.15, 0.2) is 77.8 Å². The van der Waals surface area contributed by atoms with E-state index in [0.29, 0.717) is 17.9 Å². The lowest BCUT2D eigenvalue weighted by atomic mass is 10.2. The SMILES string of the molecule is CCC(Sc1cccc(NC(=O)c2cccc([N+](=O)[O-])c2)c1)C(=O)Nc1ccccn1. The van der Waals surface area contributed by atoms with Gasteiger partial charge in [-0.25, -0.2) is 4.98 Å². The molecule has 0 aliphatic rings. The standard InChI is InChI=1S/C22H20N4O4S/c1-2-19(22(28)25-20-11-3-4-12-23-20)31-18-10-6-8-16(14-18)24-21(27)15-7-5-9-17(13-15)26(29)30/h3-14,19H,2H2,1H3,(H,24,27)(H,23,25,28). The molecule has 2 aromatic carbocycles. The number of thioether (sulfide) groups is 1. The van der Waals surface area contributed by atoms with E-state index in [4.69, 9.17) is 0 Å². The van der Waals surface area contributed by atoms with Crippen LogP contribution in [-0.4, -0.2) is 27.0 Å². The van der Waals surface area contributed by atoms with E-state index in [9.17, 15) is 19.7 Å². The highest BCUT2D eigenvalue weighted by molar-refractivity contribution is 8.00. The van der Waals surface area contributed by atoms with Gasteiger partial charge in [0.2, 0.25) is 5.91 Å². The average Bonchev–Trinajstić information content (AvgIpc) is 2.78. The highest BCUT2D eigenvalue weighted by Crippen LogP contribution is 2.28. The first-order valence-electron chi connectivity index (χ1n) is 9.50. The van der Waals surface area contributed by atoms with E-state index in [-0.39, 0.29) is 22.4 Å². The Balaban J connectivity index is 1.67. The number of amides is 2. The summed E-state index contributed by atoms with van der Waals surface area (Å²) in [6.07, 6.45) is 2.21. The Kier molecular flexibility index (Phi) is 7.34. The van der Waals surface area contributed by atoms with Gasteiger partial charge in [0.1, 0.15) is 5.82 Å². The van der Waals surface area contributed by atoms with Gasteiger partial charge in [0, 0.05) is 34.5 Å². The number of benzene rings is 2. The minimum atomic E-state index is -0.547. The van der Waals surface area contributed by atoms with Crippen LogP contribution >= 0.6 is 11.8 Å². The fourth-order valence-electron chi connectivity index (χ4n) is 2.74. The molecule has 158 valence electrons. The van der Waals surface area contributed by atoms with Crippen LogP contribution in [0.1, 0.15) is 23.7 Å². The van der Waals surface area contributed by atoms with Crippen LogP contribution in [-0.2, 0) is 4.79 Å². The summed E-state index contributed by atoms with van der Waals surface area (Å²) in [5.41, 5.74) is 0.566. The van der Waals surface area contributed by atoms with Gasteiger partial charge in [-0.1, -0.05) is 25.1 Å². The normalized spacial score (nSPS) is 11.4. The highest BCUT2D eigenvalue weighted by atomic mass is 32.2. The Morgan fingerprint density at radius 1 is 1.06 bits per heavy atom. The smallest absolute Gasteiger partial charge is 0.270 e. The number of hydrogen-bond donors (Lipinski definition) is 2. The van der Waals surface area contributed by atoms with Crippen molar-refractivity contribution in [3.05, 3.63) is 88.6 Å². The number of aromatic nitrogens is 1. The Labute approximate surface area is 183 Å². The van der Waals surface area contributed by atoms with Gasteiger partial charge in [-0.2, -0.15) is 0 Å². The summed E-state index contributed by atoms with van der Waals surface area (Å²) >= 11 is 1.38. The largest absolute Gasteiger partial charge is 0.322 e. The van der Waals surface area contributed by atoms with Gasteiger partial charge in [-0.05, 0) is 42.8 Å². The quantitative estimate of drug-likeness (QED) is 0.299. The van der Waals surface area contributed by atoms with E-state index in [1.54, 1.807) is 42.6 Å². The molecule has 0 saturated heterocycles. The fraction of sp³-hybridized carbons (Fsp3) is 0.136. The van der Waals surface area contributed by atoms with Crippen molar-refractivity contribution in [2.45, 2.75) is 23.5 Å². The lowest BCUT2D eigenvalue weighted by Crippen LogP contribution is -2.25. The summed E-state index contributed by atoms with van der Waals surface area (Å²) in [7, 11) is 0. The molecule has 8 nitrogen and oxygen atoms in total. The molecule has 2 N–H and O–H groups in total. The second-order valence-corrected chi connectivity index (χ2v) is 7.78. The van der Waals surface area contributed by atoms with Crippen molar-refractivity contribution >= 4 is 40.8 Å². The van der Waals surface area contributed by atoms with Crippen LogP contribution in [0.4, 0.5) is 17.2 Å². The minimum Gasteiger partial charge on any atom is -0.322 e. The third-order valence-electron chi connectivity index (χ3n) is 4.27. The van der Waals surface area contributed by atoms with Crippen LogP contribution < -0.4 is 10.6 Å². The van der Waals surface area contributed by atoms with Crippen LogP contribution in [0.3, 0.4) is 0 Å². The van der Waals surface area contributed by atoms with Gasteiger partial charge in [0.05, 0.1) is 10.2 Å². The number of nitro groups is 1. The number of anilines is 2. The summed E-state index contributed by atoms with van der Waals surface area (Å²) in [6.45, 7) is 1.92. The highest BCUT2D eigenvalue weighted by Gasteiger charge is 2.19. The first kappa shape index (κ1) is 22.0. The van der Waals surface area contributed by atoms with E-state index < -0.39 is 10.8 Å². The van der Waals surface area contributed by atoms with Crippen molar-refractivity contribution in [3.8, 4) is 0 Å². The molecule has 1 aromatic heterocycles. The third-order valence-corrected chi connectivity index (χ3v) is 5.63. The topological polar surface area (TPSA) is 114 Å². The van der Waals surface area contributed by atoms with Gasteiger partial charge in [-0.3, -0.25) is 19.7 Å². The maximum absolute atomic E-state index is 12.6. The Morgan fingerprint density at radius 2 is 1.87 bits per heavy atom. The van der Waals surface area contributed by atoms with Gasteiger partial charge in [0.15, 0.2) is 0 Å². The van der Waals surface area contributed by atoms with Crippen LogP contribution in [0.5, 0.6) is 0 Å². The summed E-state index contributed by atoms with van der Waals surface area (Å²) in [6, 6.07) is 17.9. The van der Waals surface area contributed by atoms with Crippen LogP contribution in [0, 0.1) is 10.1 Å². The number of pyridine rings is 1.